The maximum atomic E-state index is 11.3. The number of amides is 1. The largest absolute Gasteiger partial charge is 0.387 e. The van der Waals surface area contributed by atoms with Crippen LogP contribution in [0.3, 0.4) is 0 Å². The van der Waals surface area contributed by atoms with Crippen LogP contribution >= 0.6 is 0 Å². The number of rotatable bonds is 3. The third-order valence-corrected chi connectivity index (χ3v) is 2.56. The van der Waals surface area contributed by atoms with Gasteiger partial charge in [0, 0.05) is 18.1 Å². The molecule has 6 N–H and O–H groups in total. The Hall–Kier alpha value is -1.85. The zero-order chi connectivity index (χ0) is 11.7. The van der Waals surface area contributed by atoms with Crippen molar-refractivity contribution in [3.63, 3.8) is 0 Å². The van der Waals surface area contributed by atoms with Crippen molar-refractivity contribution in [1.82, 2.24) is 4.98 Å². The highest BCUT2D eigenvalue weighted by Crippen LogP contribution is 2.23. The van der Waals surface area contributed by atoms with Crippen molar-refractivity contribution in [1.29, 1.82) is 0 Å². The summed E-state index contributed by atoms with van der Waals surface area (Å²) in [5, 5.41) is 10.5. The molecule has 2 rings (SSSR count). The van der Waals surface area contributed by atoms with Gasteiger partial charge in [-0.05, 0) is 23.8 Å². The number of hydrogen-bond donors (Lipinski definition) is 4. The minimum absolute atomic E-state index is 0.105. The molecular formula is C11H13N3O2. The fourth-order valence-electron chi connectivity index (χ4n) is 1.72. The molecule has 5 heteroatoms. The zero-order valence-electron chi connectivity index (χ0n) is 8.60. The van der Waals surface area contributed by atoms with Crippen molar-refractivity contribution in [2.45, 2.75) is 6.10 Å². The van der Waals surface area contributed by atoms with Gasteiger partial charge in [-0.2, -0.15) is 0 Å². The van der Waals surface area contributed by atoms with E-state index in [0.717, 1.165) is 5.39 Å². The molecule has 0 bridgehead atoms. The molecule has 16 heavy (non-hydrogen) atoms. The van der Waals surface area contributed by atoms with Crippen molar-refractivity contribution < 1.29 is 9.90 Å². The van der Waals surface area contributed by atoms with Crippen molar-refractivity contribution in [3.05, 3.63) is 35.5 Å². The highest BCUT2D eigenvalue weighted by atomic mass is 16.3. The molecule has 0 saturated carbocycles. The van der Waals surface area contributed by atoms with Crippen LogP contribution in [0.25, 0.3) is 10.9 Å². The lowest BCUT2D eigenvalue weighted by Crippen LogP contribution is -2.15. The number of aromatic amines is 1. The Balaban J connectivity index is 2.66. The molecule has 1 aromatic carbocycles. The van der Waals surface area contributed by atoms with Crippen LogP contribution in [0.15, 0.2) is 24.4 Å². The number of carbonyl (C=O) groups is 1. The second-order valence-electron chi connectivity index (χ2n) is 3.63. The summed E-state index contributed by atoms with van der Waals surface area (Å²) >= 11 is 0. The summed E-state index contributed by atoms with van der Waals surface area (Å²) < 4.78 is 0. The van der Waals surface area contributed by atoms with Gasteiger partial charge in [0.25, 0.3) is 5.91 Å². The van der Waals surface area contributed by atoms with E-state index >= 15 is 0 Å². The predicted molar refractivity (Wildman–Crippen MR) is 60.8 cm³/mol. The zero-order valence-corrected chi connectivity index (χ0v) is 8.60. The van der Waals surface area contributed by atoms with E-state index in [2.05, 4.69) is 4.98 Å². The van der Waals surface area contributed by atoms with Crippen LogP contribution in [0.1, 0.15) is 22.0 Å². The summed E-state index contributed by atoms with van der Waals surface area (Å²) in [6.07, 6.45) is 0.938. The Bertz CT molecular complexity index is 533. The Kier molecular flexibility index (Phi) is 2.64. The lowest BCUT2D eigenvalue weighted by molar-refractivity contribution is 0.100. The number of nitrogens with one attached hydrogen (secondary N) is 1. The van der Waals surface area contributed by atoms with Crippen LogP contribution in [0.5, 0.6) is 0 Å². The molecule has 0 aliphatic carbocycles. The fraction of sp³-hybridized carbons (Fsp3) is 0.182. The summed E-state index contributed by atoms with van der Waals surface area (Å²) in [4.78, 5) is 14.2. The Morgan fingerprint density at radius 1 is 1.50 bits per heavy atom. The van der Waals surface area contributed by atoms with E-state index in [4.69, 9.17) is 11.5 Å². The van der Waals surface area contributed by atoms with Crippen molar-refractivity contribution in [2.24, 2.45) is 11.5 Å². The van der Waals surface area contributed by atoms with E-state index in [9.17, 15) is 9.90 Å². The molecule has 5 nitrogen and oxygen atoms in total. The summed E-state index contributed by atoms with van der Waals surface area (Å²) in [6.45, 7) is 0.105. The molecule has 0 aliphatic heterocycles. The van der Waals surface area contributed by atoms with Crippen LogP contribution in [0.2, 0.25) is 0 Å². The Morgan fingerprint density at radius 2 is 2.25 bits per heavy atom. The topological polar surface area (TPSA) is 105 Å². The molecule has 0 radical (unpaired) electrons. The summed E-state index contributed by atoms with van der Waals surface area (Å²) in [7, 11) is 0. The highest BCUT2D eigenvalue weighted by Gasteiger charge is 2.13. The number of aromatic nitrogens is 1. The number of fused-ring (bicyclic) bond motifs is 1. The van der Waals surface area contributed by atoms with Gasteiger partial charge in [-0.25, -0.2) is 0 Å². The van der Waals surface area contributed by atoms with Gasteiger partial charge in [-0.15, -0.1) is 0 Å². The summed E-state index contributed by atoms with van der Waals surface area (Å²) in [6, 6.07) is 5.17. The van der Waals surface area contributed by atoms with Gasteiger partial charge in [0.05, 0.1) is 17.2 Å². The van der Waals surface area contributed by atoms with E-state index < -0.39 is 12.0 Å². The van der Waals surface area contributed by atoms with Gasteiger partial charge >= 0.3 is 0 Å². The Morgan fingerprint density at radius 3 is 2.88 bits per heavy atom. The van der Waals surface area contributed by atoms with Crippen LogP contribution in [0.4, 0.5) is 0 Å². The van der Waals surface area contributed by atoms with E-state index in [0.29, 0.717) is 16.6 Å². The van der Waals surface area contributed by atoms with Gasteiger partial charge in [0.1, 0.15) is 0 Å². The first-order valence-electron chi connectivity index (χ1n) is 4.92. The highest BCUT2D eigenvalue weighted by molar-refractivity contribution is 6.05. The lowest BCUT2D eigenvalue weighted by atomic mass is 10.0. The molecular weight excluding hydrogens is 206 g/mol. The second-order valence-corrected chi connectivity index (χ2v) is 3.63. The molecule has 0 aliphatic rings. The number of H-pyrrole nitrogens is 1. The number of nitrogens with two attached hydrogens (primary N) is 2. The van der Waals surface area contributed by atoms with Gasteiger partial charge < -0.3 is 21.6 Å². The summed E-state index contributed by atoms with van der Waals surface area (Å²) in [5.74, 6) is -0.529. The first-order chi connectivity index (χ1) is 7.63. The first-order valence-corrected chi connectivity index (χ1v) is 4.92. The van der Waals surface area contributed by atoms with Crippen LogP contribution in [0, 0.1) is 0 Å². The standard InChI is InChI=1S/C11H13N3O2/c12-5-9(15)7-3-6-1-2-14-10(6)8(4-7)11(13)16/h1-4,9,14-15H,5,12H2,(H2,13,16). The van der Waals surface area contributed by atoms with Gasteiger partial charge in [-0.1, -0.05) is 0 Å². The number of aliphatic hydroxyl groups excluding tert-OH is 1. The van der Waals surface area contributed by atoms with Crippen LogP contribution in [-0.2, 0) is 0 Å². The minimum Gasteiger partial charge on any atom is -0.387 e. The molecule has 1 atom stereocenters. The van der Waals surface area contributed by atoms with E-state index in [1.807, 2.05) is 6.07 Å². The third kappa shape index (κ3) is 1.66. The van der Waals surface area contributed by atoms with E-state index in [1.165, 1.54) is 0 Å². The minimum atomic E-state index is -0.780. The maximum absolute atomic E-state index is 11.3. The smallest absolute Gasteiger partial charge is 0.250 e. The van der Waals surface area contributed by atoms with Gasteiger partial charge in [-0.3, -0.25) is 4.79 Å². The van der Waals surface area contributed by atoms with Crippen molar-refractivity contribution in [3.8, 4) is 0 Å². The number of carbonyl (C=O) groups excluding carboxylic acids is 1. The van der Waals surface area contributed by atoms with E-state index in [1.54, 1.807) is 18.3 Å². The average Bonchev–Trinajstić information content (AvgIpc) is 2.74. The predicted octanol–water partition coefficient (Wildman–Crippen LogP) is 0.259. The average molecular weight is 219 g/mol. The SMILES string of the molecule is NCC(O)c1cc(C(N)=O)c2[nH]ccc2c1. The van der Waals surface area contributed by atoms with E-state index in [-0.39, 0.29) is 6.54 Å². The molecule has 1 aromatic heterocycles. The maximum Gasteiger partial charge on any atom is 0.250 e. The van der Waals surface area contributed by atoms with Crippen molar-refractivity contribution >= 4 is 16.8 Å². The van der Waals surface area contributed by atoms with Gasteiger partial charge in [0.2, 0.25) is 0 Å². The second kappa shape index (κ2) is 3.96. The normalized spacial score (nSPS) is 12.9. The quantitative estimate of drug-likeness (QED) is 0.595. The molecule has 0 saturated heterocycles. The molecule has 1 heterocycles. The third-order valence-electron chi connectivity index (χ3n) is 2.56. The van der Waals surface area contributed by atoms with Crippen LogP contribution in [-0.4, -0.2) is 22.5 Å². The lowest BCUT2D eigenvalue weighted by Gasteiger charge is -2.10. The first kappa shape index (κ1) is 10.7. The molecule has 0 spiro atoms. The number of aliphatic hydroxyl groups is 1. The van der Waals surface area contributed by atoms with Crippen LogP contribution < -0.4 is 11.5 Å². The number of benzene rings is 1. The molecule has 1 amide bonds. The number of hydrogen-bond acceptors (Lipinski definition) is 3. The molecule has 0 fully saturated rings. The molecule has 2 aromatic rings. The number of primary amides is 1. The fourth-order valence-corrected chi connectivity index (χ4v) is 1.72. The molecule has 1 unspecified atom stereocenters. The Labute approximate surface area is 92.1 Å². The summed E-state index contributed by atoms with van der Waals surface area (Å²) in [5.41, 5.74) is 12.3. The molecule has 84 valence electrons. The van der Waals surface area contributed by atoms with Crippen molar-refractivity contribution in [2.75, 3.05) is 6.54 Å². The van der Waals surface area contributed by atoms with Gasteiger partial charge in [0.15, 0.2) is 0 Å². The monoisotopic (exact) mass is 219 g/mol.